The summed E-state index contributed by atoms with van der Waals surface area (Å²) < 4.78 is 33.2. The van der Waals surface area contributed by atoms with E-state index in [1.165, 1.54) is 0 Å². The lowest BCUT2D eigenvalue weighted by molar-refractivity contribution is 0.0255. The van der Waals surface area contributed by atoms with Crippen molar-refractivity contribution in [2.45, 2.75) is 45.9 Å². The number of alkyl carbamates (subject to hydrolysis) is 1. The maximum Gasteiger partial charge on any atom is 0.407 e. The van der Waals surface area contributed by atoms with Gasteiger partial charge in [0.15, 0.2) is 5.72 Å². The third kappa shape index (κ3) is 9.84. The van der Waals surface area contributed by atoms with Crippen molar-refractivity contribution in [1.82, 2.24) is 10.2 Å². The zero-order valence-electron chi connectivity index (χ0n) is 15.3. The number of hydrogen-bond donors (Lipinski definition) is 2. The van der Waals surface area contributed by atoms with Crippen LogP contribution >= 0.6 is 12.6 Å². The van der Waals surface area contributed by atoms with Gasteiger partial charge in [-0.25, -0.2) is 8.98 Å². The Labute approximate surface area is 150 Å². The van der Waals surface area contributed by atoms with Gasteiger partial charge in [0.1, 0.15) is 5.60 Å². The molecule has 0 aliphatic rings. The highest BCUT2D eigenvalue weighted by Crippen LogP contribution is 2.21. The van der Waals surface area contributed by atoms with Gasteiger partial charge in [-0.15, -0.1) is 12.6 Å². The van der Waals surface area contributed by atoms with E-state index >= 15 is 0 Å². The van der Waals surface area contributed by atoms with Crippen LogP contribution in [0, 0.1) is 0 Å². The van der Waals surface area contributed by atoms with E-state index < -0.39 is 27.5 Å². The lowest BCUT2D eigenvalue weighted by Crippen LogP contribution is -2.43. The summed E-state index contributed by atoms with van der Waals surface area (Å²) in [5.74, 6) is 0. The number of likely N-dealkylation sites (N-methyl/N-ethyl adjacent to an activating group) is 1. The Morgan fingerprint density at radius 2 is 1.83 bits per heavy atom. The maximum atomic E-state index is 11.6. The first-order valence-corrected chi connectivity index (χ1v) is 9.59. The molecule has 0 radical (unpaired) electrons. The molecule has 0 saturated heterocycles. The molecule has 0 aliphatic carbocycles. The van der Waals surface area contributed by atoms with E-state index in [9.17, 15) is 13.2 Å². The van der Waals surface area contributed by atoms with Crippen molar-refractivity contribution in [3.63, 3.8) is 0 Å². The number of amides is 1. The third-order valence-electron chi connectivity index (χ3n) is 2.65. The molecule has 1 atom stereocenters. The van der Waals surface area contributed by atoms with E-state index in [-0.39, 0.29) is 6.54 Å². The maximum absolute atomic E-state index is 11.6. The molecule has 0 aromatic heterocycles. The fraction of sp³-hybridized carbons (Fsp3) is 0.667. The van der Waals surface area contributed by atoms with Gasteiger partial charge in [0.25, 0.3) is 10.1 Å². The van der Waals surface area contributed by atoms with Crippen LogP contribution in [-0.2, 0) is 19.0 Å². The quantitative estimate of drug-likeness (QED) is 0.305. The van der Waals surface area contributed by atoms with Crippen LogP contribution in [0.4, 0.5) is 4.79 Å². The average molecular weight is 381 g/mol. The molecule has 1 unspecified atom stereocenters. The Hall–Kier alpha value is -1.19. The molecule has 0 heterocycles. The summed E-state index contributed by atoms with van der Waals surface area (Å²) in [7, 11) is -2.02. The van der Waals surface area contributed by atoms with Gasteiger partial charge in [-0.3, -0.25) is 0 Å². The zero-order valence-corrected chi connectivity index (χ0v) is 17.0. The van der Waals surface area contributed by atoms with E-state index in [1.54, 1.807) is 64.9 Å². The predicted octanol–water partition coefficient (Wildman–Crippen LogP) is 2.48. The number of ether oxygens (including phenoxy) is 1. The van der Waals surface area contributed by atoms with E-state index in [0.717, 1.165) is 6.26 Å². The van der Waals surface area contributed by atoms with Crippen LogP contribution in [0.2, 0.25) is 0 Å². The molecule has 0 aromatic carbocycles. The molecule has 0 bridgehead atoms. The average Bonchev–Trinajstić information content (AvgIpc) is 2.32. The van der Waals surface area contributed by atoms with Gasteiger partial charge in [0, 0.05) is 18.2 Å². The molecule has 0 rings (SSSR count). The van der Waals surface area contributed by atoms with Gasteiger partial charge in [0.05, 0.1) is 12.8 Å². The van der Waals surface area contributed by atoms with E-state index in [4.69, 9.17) is 8.92 Å². The summed E-state index contributed by atoms with van der Waals surface area (Å²) in [6, 6.07) is 0. The van der Waals surface area contributed by atoms with Gasteiger partial charge in [0.2, 0.25) is 0 Å². The van der Waals surface area contributed by atoms with Crippen LogP contribution < -0.4 is 5.32 Å². The van der Waals surface area contributed by atoms with Crippen LogP contribution in [0.5, 0.6) is 0 Å². The number of allylic oxidation sites excluding steroid dienone is 1. The van der Waals surface area contributed by atoms with Crippen LogP contribution in [0.1, 0.15) is 34.6 Å². The van der Waals surface area contributed by atoms with Crippen molar-refractivity contribution in [1.29, 1.82) is 0 Å². The Kier molecular flexibility index (Phi) is 8.34. The molecule has 1 amide bonds. The summed E-state index contributed by atoms with van der Waals surface area (Å²) in [6.45, 7) is 8.79. The SMILES string of the molecule is CC=CC(C)(OS(C)(=O)=O)N(C)/C=C(\S)CNC(=O)OC(C)(C)C. The summed E-state index contributed by atoms with van der Waals surface area (Å²) in [5, 5.41) is 2.57. The molecule has 0 spiro atoms. The molecular formula is C15H28N2O5S2. The van der Waals surface area contributed by atoms with Crippen molar-refractivity contribution in [2.75, 3.05) is 19.8 Å². The van der Waals surface area contributed by atoms with Crippen molar-refractivity contribution < 1.29 is 22.1 Å². The highest BCUT2D eigenvalue weighted by molar-refractivity contribution is 7.86. The first-order valence-electron chi connectivity index (χ1n) is 7.32. The minimum Gasteiger partial charge on any atom is -0.444 e. The molecule has 0 fully saturated rings. The van der Waals surface area contributed by atoms with Crippen LogP contribution in [0.3, 0.4) is 0 Å². The van der Waals surface area contributed by atoms with Crippen LogP contribution in [-0.4, -0.2) is 50.6 Å². The van der Waals surface area contributed by atoms with E-state index in [1.807, 2.05) is 0 Å². The number of nitrogens with zero attached hydrogens (tertiary/aromatic N) is 1. The minimum atomic E-state index is -3.67. The van der Waals surface area contributed by atoms with Crippen molar-refractivity contribution in [2.24, 2.45) is 0 Å². The summed E-state index contributed by atoms with van der Waals surface area (Å²) in [5.41, 5.74) is -1.79. The predicted molar refractivity (Wildman–Crippen MR) is 98.2 cm³/mol. The Morgan fingerprint density at radius 3 is 2.25 bits per heavy atom. The summed E-state index contributed by atoms with van der Waals surface area (Å²) >= 11 is 4.29. The van der Waals surface area contributed by atoms with Gasteiger partial charge in [-0.05, 0) is 40.7 Å². The third-order valence-corrected chi connectivity index (χ3v) is 3.57. The number of carbonyl (C=O) groups is 1. The highest BCUT2D eigenvalue weighted by atomic mass is 32.2. The first kappa shape index (κ1) is 22.8. The number of rotatable bonds is 7. The normalized spacial score (nSPS) is 15.9. The number of hydrogen-bond acceptors (Lipinski definition) is 7. The Morgan fingerprint density at radius 1 is 1.29 bits per heavy atom. The largest absolute Gasteiger partial charge is 0.444 e. The molecular weight excluding hydrogens is 352 g/mol. The Bertz CT molecular complexity index is 593. The minimum absolute atomic E-state index is 0.132. The molecule has 7 nitrogen and oxygen atoms in total. The number of nitrogens with one attached hydrogen (secondary N) is 1. The van der Waals surface area contributed by atoms with E-state index in [0.29, 0.717) is 4.91 Å². The van der Waals surface area contributed by atoms with Gasteiger partial charge in [-0.1, -0.05) is 6.08 Å². The van der Waals surface area contributed by atoms with Gasteiger partial charge >= 0.3 is 6.09 Å². The second-order valence-corrected chi connectivity index (χ2v) is 8.58. The molecule has 1 N–H and O–H groups in total. The van der Waals surface area contributed by atoms with Crippen molar-refractivity contribution in [3.8, 4) is 0 Å². The molecule has 9 heteroatoms. The van der Waals surface area contributed by atoms with Crippen molar-refractivity contribution >= 4 is 28.8 Å². The smallest absolute Gasteiger partial charge is 0.407 e. The zero-order chi connectivity index (χ0) is 19.2. The topological polar surface area (TPSA) is 84.9 Å². The van der Waals surface area contributed by atoms with Crippen LogP contribution in [0.15, 0.2) is 23.3 Å². The molecule has 0 saturated carbocycles. The van der Waals surface area contributed by atoms with Crippen molar-refractivity contribution in [3.05, 3.63) is 23.3 Å². The molecule has 140 valence electrons. The Balaban J connectivity index is 4.97. The fourth-order valence-electron chi connectivity index (χ4n) is 1.69. The summed E-state index contributed by atoms with van der Waals surface area (Å²) in [6.07, 6.45) is 5.29. The lowest BCUT2D eigenvalue weighted by Gasteiger charge is -2.34. The van der Waals surface area contributed by atoms with Gasteiger partial charge in [-0.2, -0.15) is 8.42 Å². The highest BCUT2D eigenvalue weighted by Gasteiger charge is 2.30. The fourth-order valence-corrected chi connectivity index (χ4v) is 2.73. The molecule has 0 aromatic rings. The van der Waals surface area contributed by atoms with E-state index in [2.05, 4.69) is 17.9 Å². The number of carbonyl (C=O) groups excluding carboxylic acids is 1. The summed E-state index contributed by atoms with van der Waals surface area (Å²) in [4.78, 5) is 13.7. The lowest BCUT2D eigenvalue weighted by atomic mass is 10.2. The first-order chi connectivity index (χ1) is 10.7. The van der Waals surface area contributed by atoms with Crippen LogP contribution in [0.25, 0.3) is 0 Å². The second kappa shape index (κ2) is 8.77. The standard InChI is InChI=1S/C15H28N2O5S2/c1-8-9-15(5,22-24(7,19)20)17(6)11-12(23)10-16-13(18)21-14(2,3)4/h8-9,11,23H,10H2,1-7H3,(H,16,18)/b9-8?,12-11-. The molecule has 0 aliphatic heterocycles. The molecule has 24 heavy (non-hydrogen) atoms. The second-order valence-electron chi connectivity index (χ2n) is 6.43. The monoisotopic (exact) mass is 380 g/mol. The number of thiol groups is 1. The van der Waals surface area contributed by atoms with Gasteiger partial charge < -0.3 is 15.0 Å².